The van der Waals surface area contributed by atoms with E-state index in [-0.39, 0.29) is 42.6 Å². The van der Waals surface area contributed by atoms with Gasteiger partial charge in [-0.05, 0) is 30.2 Å². The monoisotopic (exact) mass is 373 g/mol. The number of anilines is 1. The highest BCUT2D eigenvalue weighted by Crippen LogP contribution is 2.32. The maximum Gasteiger partial charge on any atom is 0.227 e. The van der Waals surface area contributed by atoms with Crippen molar-refractivity contribution in [1.29, 1.82) is 0 Å². The average molecular weight is 374 g/mol. The average Bonchev–Trinajstić information content (AvgIpc) is 3.41. The predicted octanol–water partition coefficient (Wildman–Crippen LogP) is 2.47. The van der Waals surface area contributed by atoms with E-state index in [0.717, 1.165) is 29.3 Å². The molecule has 0 aromatic heterocycles. The minimum Gasteiger partial charge on any atom is -0.354 e. The van der Waals surface area contributed by atoms with E-state index in [4.69, 9.17) is 5.73 Å². The first-order valence-corrected chi connectivity index (χ1v) is 8.95. The highest BCUT2D eigenvalue weighted by Gasteiger charge is 2.36. The van der Waals surface area contributed by atoms with Gasteiger partial charge in [0, 0.05) is 30.9 Å². The van der Waals surface area contributed by atoms with Gasteiger partial charge in [0.1, 0.15) is 0 Å². The quantitative estimate of drug-likeness (QED) is 0.845. The van der Waals surface area contributed by atoms with E-state index in [9.17, 15) is 9.59 Å². The lowest BCUT2D eigenvalue weighted by Gasteiger charge is -2.19. The molecule has 5 nitrogen and oxygen atoms in total. The summed E-state index contributed by atoms with van der Waals surface area (Å²) in [5.41, 5.74) is 6.92. The van der Waals surface area contributed by atoms with Crippen LogP contribution in [0.2, 0.25) is 0 Å². The van der Waals surface area contributed by atoms with Crippen LogP contribution < -0.4 is 16.0 Å². The Hall–Kier alpha value is -2.11. The number of carbonyl (C=O) groups excluding carboxylic acids is 2. The van der Waals surface area contributed by atoms with Crippen molar-refractivity contribution in [2.45, 2.75) is 25.3 Å². The van der Waals surface area contributed by atoms with Gasteiger partial charge in [0.25, 0.3) is 0 Å². The van der Waals surface area contributed by atoms with Gasteiger partial charge >= 0.3 is 0 Å². The van der Waals surface area contributed by atoms with Crippen LogP contribution in [0.4, 0.5) is 5.69 Å². The van der Waals surface area contributed by atoms with Crippen LogP contribution in [0, 0.1) is 11.8 Å². The van der Waals surface area contributed by atoms with Crippen LogP contribution in [0.25, 0.3) is 10.8 Å². The van der Waals surface area contributed by atoms with E-state index in [1.807, 2.05) is 42.5 Å². The molecule has 0 radical (unpaired) electrons. The molecule has 6 heteroatoms. The second-order valence-electron chi connectivity index (χ2n) is 7.15. The van der Waals surface area contributed by atoms with Crippen molar-refractivity contribution in [3.63, 3.8) is 0 Å². The van der Waals surface area contributed by atoms with Gasteiger partial charge < -0.3 is 16.0 Å². The Kier molecular flexibility index (Phi) is 5.49. The van der Waals surface area contributed by atoms with Gasteiger partial charge in [0.05, 0.1) is 11.6 Å². The zero-order valence-corrected chi connectivity index (χ0v) is 15.4. The first-order valence-electron chi connectivity index (χ1n) is 8.95. The van der Waals surface area contributed by atoms with Gasteiger partial charge in [-0.15, -0.1) is 12.4 Å². The van der Waals surface area contributed by atoms with Crippen molar-refractivity contribution >= 4 is 40.7 Å². The van der Waals surface area contributed by atoms with Crippen molar-refractivity contribution in [2.24, 2.45) is 17.6 Å². The first kappa shape index (κ1) is 18.7. The molecule has 2 unspecified atom stereocenters. The fourth-order valence-corrected chi connectivity index (χ4v) is 3.61. The first-order chi connectivity index (χ1) is 12.1. The maximum atomic E-state index is 12.5. The van der Waals surface area contributed by atoms with Crippen molar-refractivity contribution in [2.75, 3.05) is 18.0 Å². The van der Waals surface area contributed by atoms with Crippen molar-refractivity contribution in [1.82, 2.24) is 5.32 Å². The van der Waals surface area contributed by atoms with Crippen LogP contribution in [0.3, 0.4) is 0 Å². The molecule has 1 aliphatic heterocycles. The molecule has 1 heterocycles. The molecule has 1 saturated carbocycles. The number of fused-ring (bicyclic) bond motifs is 1. The van der Waals surface area contributed by atoms with Gasteiger partial charge in [-0.3, -0.25) is 9.59 Å². The smallest absolute Gasteiger partial charge is 0.227 e. The normalized spacial score (nSPS) is 20.7. The summed E-state index contributed by atoms with van der Waals surface area (Å²) in [5.74, 6) is 0.186. The number of benzene rings is 2. The molecule has 2 atom stereocenters. The molecule has 4 rings (SSSR count). The predicted molar refractivity (Wildman–Crippen MR) is 105 cm³/mol. The fourth-order valence-electron chi connectivity index (χ4n) is 3.61. The van der Waals surface area contributed by atoms with Crippen LogP contribution in [0.1, 0.15) is 19.3 Å². The minimum absolute atomic E-state index is 0. The summed E-state index contributed by atoms with van der Waals surface area (Å²) in [5, 5.41) is 5.06. The molecular weight excluding hydrogens is 350 g/mol. The zero-order chi connectivity index (χ0) is 17.4. The van der Waals surface area contributed by atoms with Gasteiger partial charge in [0.2, 0.25) is 11.8 Å². The lowest BCUT2D eigenvalue weighted by molar-refractivity contribution is -0.126. The molecule has 1 saturated heterocycles. The molecular formula is C20H24ClN3O2. The SMILES string of the molecule is Cl.NC(CNC(=O)C1CC(=O)N(c2cccc3ccccc23)C1)C1CC1. The summed E-state index contributed by atoms with van der Waals surface area (Å²) in [4.78, 5) is 26.7. The van der Waals surface area contributed by atoms with E-state index < -0.39 is 0 Å². The largest absolute Gasteiger partial charge is 0.354 e. The summed E-state index contributed by atoms with van der Waals surface area (Å²) in [6, 6.07) is 14.0. The Morgan fingerprint density at radius 1 is 1.19 bits per heavy atom. The van der Waals surface area contributed by atoms with E-state index in [1.54, 1.807) is 4.90 Å². The Morgan fingerprint density at radius 3 is 2.69 bits per heavy atom. The van der Waals surface area contributed by atoms with Crippen molar-refractivity contribution in [3.05, 3.63) is 42.5 Å². The van der Waals surface area contributed by atoms with Gasteiger partial charge in [-0.25, -0.2) is 0 Å². The third kappa shape index (κ3) is 3.69. The molecule has 1 aliphatic carbocycles. The summed E-state index contributed by atoms with van der Waals surface area (Å²) < 4.78 is 0. The molecule has 0 spiro atoms. The second kappa shape index (κ2) is 7.64. The number of halogens is 1. The maximum absolute atomic E-state index is 12.5. The molecule has 2 fully saturated rings. The van der Waals surface area contributed by atoms with E-state index in [0.29, 0.717) is 19.0 Å². The number of nitrogens with two attached hydrogens (primary N) is 1. The van der Waals surface area contributed by atoms with E-state index in [2.05, 4.69) is 5.32 Å². The Morgan fingerprint density at radius 2 is 1.92 bits per heavy atom. The Labute approximate surface area is 159 Å². The molecule has 0 bridgehead atoms. The lowest BCUT2D eigenvalue weighted by atomic mass is 10.1. The molecule has 2 aromatic rings. The summed E-state index contributed by atoms with van der Waals surface area (Å²) in [6.07, 6.45) is 2.58. The molecule has 26 heavy (non-hydrogen) atoms. The van der Waals surface area contributed by atoms with Gasteiger partial charge in [-0.1, -0.05) is 36.4 Å². The van der Waals surface area contributed by atoms with Crippen LogP contribution >= 0.6 is 12.4 Å². The number of amides is 2. The number of nitrogens with one attached hydrogen (secondary N) is 1. The van der Waals surface area contributed by atoms with Crippen LogP contribution in [0.5, 0.6) is 0 Å². The molecule has 2 amide bonds. The molecule has 138 valence electrons. The number of rotatable bonds is 5. The summed E-state index contributed by atoms with van der Waals surface area (Å²) >= 11 is 0. The Balaban J connectivity index is 0.00000196. The highest BCUT2D eigenvalue weighted by atomic mass is 35.5. The molecule has 3 N–H and O–H groups in total. The lowest BCUT2D eigenvalue weighted by Crippen LogP contribution is -2.41. The van der Waals surface area contributed by atoms with E-state index >= 15 is 0 Å². The number of nitrogens with zero attached hydrogens (tertiary/aromatic N) is 1. The number of hydrogen-bond donors (Lipinski definition) is 2. The van der Waals surface area contributed by atoms with Crippen LogP contribution in [0.15, 0.2) is 42.5 Å². The second-order valence-corrected chi connectivity index (χ2v) is 7.15. The van der Waals surface area contributed by atoms with E-state index in [1.165, 1.54) is 0 Å². The topological polar surface area (TPSA) is 75.4 Å². The summed E-state index contributed by atoms with van der Waals surface area (Å²) in [6.45, 7) is 0.930. The summed E-state index contributed by atoms with van der Waals surface area (Å²) in [7, 11) is 0. The number of hydrogen-bond acceptors (Lipinski definition) is 3. The third-order valence-corrected chi connectivity index (χ3v) is 5.29. The van der Waals surface area contributed by atoms with Crippen LogP contribution in [-0.4, -0.2) is 30.9 Å². The van der Waals surface area contributed by atoms with Gasteiger partial charge in [0.15, 0.2) is 0 Å². The zero-order valence-electron chi connectivity index (χ0n) is 14.6. The Bertz CT molecular complexity index is 816. The number of carbonyl (C=O) groups is 2. The highest BCUT2D eigenvalue weighted by molar-refractivity contribution is 6.06. The molecule has 2 aliphatic rings. The standard InChI is InChI=1S/C20H23N3O2.ClH/c21-17(14-8-9-14)11-22-20(25)15-10-19(24)23(12-15)18-7-3-5-13-4-1-2-6-16(13)18;/h1-7,14-15,17H,8-12,21H2,(H,22,25);1H. The van der Waals surface area contributed by atoms with Crippen molar-refractivity contribution in [3.8, 4) is 0 Å². The van der Waals surface area contributed by atoms with Gasteiger partial charge in [-0.2, -0.15) is 0 Å². The van der Waals surface area contributed by atoms with Crippen molar-refractivity contribution < 1.29 is 9.59 Å². The van der Waals surface area contributed by atoms with Crippen LogP contribution in [-0.2, 0) is 9.59 Å². The molecule has 2 aromatic carbocycles. The third-order valence-electron chi connectivity index (χ3n) is 5.29. The minimum atomic E-state index is -0.308. The fraction of sp³-hybridized carbons (Fsp3) is 0.400.